The van der Waals surface area contributed by atoms with Gasteiger partial charge in [0.15, 0.2) is 0 Å². The van der Waals surface area contributed by atoms with E-state index in [0.29, 0.717) is 0 Å². The maximum atomic E-state index is 8.33. The van der Waals surface area contributed by atoms with Crippen LogP contribution in [0.25, 0.3) is 0 Å². The van der Waals surface area contributed by atoms with Crippen LogP contribution in [0, 0.1) is 0 Å². The van der Waals surface area contributed by atoms with Crippen LogP contribution in [0.5, 0.6) is 0 Å². The zero-order valence-corrected chi connectivity index (χ0v) is 8.80. The number of rotatable bonds is 1. The Morgan fingerprint density at radius 2 is 1.86 bits per heavy atom. The average molecular weight is 205 g/mol. The van der Waals surface area contributed by atoms with Gasteiger partial charge in [-0.05, 0) is 34.1 Å². The molecule has 0 radical (unpaired) electrons. The standard InChI is InChI=1S/C10H19BO3/c1-9(2)10(3,4)14-11(13-9)8-5-6-12-7-8/h8H,5-7H2,1-4H3/i5D2,6D2,7D2,8D. The van der Waals surface area contributed by atoms with Gasteiger partial charge in [0, 0.05) is 23.0 Å². The third kappa shape index (κ3) is 1.60. The highest BCUT2D eigenvalue weighted by Crippen LogP contribution is 2.41. The lowest BCUT2D eigenvalue weighted by Crippen LogP contribution is -2.41. The monoisotopic (exact) mass is 205 g/mol. The topological polar surface area (TPSA) is 27.7 Å². The first-order valence-corrected chi connectivity index (χ1v) is 4.58. The van der Waals surface area contributed by atoms with Crippen molar-refractivity contribution in [2.45, 2.75) is 51.1 Å². The van der Waals surface area contributed by atoms with Crippen molar-refractivity contribution >= 4 is 7.12 Å². The van der Waals surface area contributed by atoms with Crippen LogP contribution in [-0.4, -0.2) is 31.4 Å². The second-order valence-corrected chi connectivity index (χ2v) is 4.43. The van der Waals surface area contributed by atoms with E-state index in [9.17, 15) is 0 Å². The van der Waals surface area contributed by atoms with E-state index in [4.69, 9.17) is 18.9 Å². The fourth-order valence-electron chi connectivity index (χ4n) is 1.25. The molecule has 2 aliphatic rings. The first-order chi connectivity index (χ1) is 9.02. The average Bonchev–Trinajstić information content (AvgIpc) is 2.48. The van der Waals surface area contributed by atoms with Crippen LogP contribution in [0.1, 0.15) is 43.7 Å². The lowest BCUT2D eigenvalue weighted by Gasteiger charge is -2.32. The fourth-order valence-corrected chi connectivity index (χ4v) is 1.25. The number of hydrogen-bond acceptors (Lipinski definition) is 3. The van der Waals surface area contributed by atoms with Crippen molar-refractivity contribution in [2.75, 3.05) is 13.1 Å². The highest BCUT2D eigenvalue weighted by atomic mass is 16.7. The van der Waals surface area contributed by atoms with Gasteiger partial charge in [0.1, 0.15) is 0 Å². The molecule has 3 nitrogen and oxygen atoms in total. The molecule has 2 rings (SSSR count). The Kier molecular flexibility index (Phi) is 1.12. The molecule has 2 aliphatic heterocycles. The van der Waals surface area contributed by atoms with E-state index in [1.54, 1.807) is 27.7 Å². The summed E-state index contributed by atoms with van der Waals surface area (Å²) in [5.41, 5.74) is -1.79. The molecule has 2 fully saturated rings. The Morgan fingerprint density at radius 3 is 2.29 bits per heavy atom. The van der Waals surface area contributed by atoms with Gasteiger partial charge >= 0.3 is 7.12 Å². The highest BCUT2D eigenvalue weighted by molar-refractivity contribution is 6.47. The molecule has 0 aliphatic carbocycles. The third-order valence-corrected chi connectivity index (χ3v) is 2.89. The molecule has 0 spiro atoms. The first kappa shape index (κ1) is 4.85. The predicted molar refractivity (Wildman–Crippen MR) is 55.3 cm³/mol. The highest BCUT2D eigenvalue weighted by Gasteiger charge is 2.54. The SMILES string of the molecule is [2H]C1([2H])OC([2H])([2H])C([2H])(B2OC(C)(C)C(C)(C)O2)C1([2H])[2H]. The Morgan fingerprint density at radius 1 is 1.29 bits per heavy atom. The van der Waals surface area contributed by atoms with Crippen LogP contribution in [-0.2, 0) is 14.0 Å². The second-order valence-electron chi connectivity index (χ2n) is 4.43. The number of ether oxygens (including phenoxy) is 1. The van der Waals surface area contributed by atoms with E-state index in [-0.39, 0.29) is 0 Å². The molecule has 0 aromatic rings. The smallest absolute Gasteiger partial charge is 0.403 e. The minimum Gasteiger partial charge on any atom is -0.403 e. The summed E-state index contributed by atoms with van der Waals surface area (Å²) in [5, 5.41) is 0. The lowest BCUT2D eigenvalue weighted by molar-refractivity contribution is 0.00578. The minimum absolute atomic E-state index is 0.896. The summed E-state index contributed by atoms with van der Waals surface area (Å²) in [5.74, 6) is -2.71. The van der Waals surface area contributed by atoms with Gasteiger partial charge in [0.05, 0.1) is 16.7 Å². The van der Waals surface area contributed by atoms with Gasteiger partial charge < -0.3 is 14.0 Å². The van der Waals surface area contributed by atoms with E-state index in [0.717, 1.165) is 0 Å². The largest absolute Gasteiger partial charge is 0.463 e. The molecule has 0 bridgehead atoms. The molecular weight excluding hydrogens is 179 g/mol. The van der Waals surface area contributed by atoms with Crippen molar-refractivity contribution in [2.24, 2.45) is 0 Å². The van der Waals surface area contributed by atoms with Gasteiger partial charge in [-0.3, -0.25) is 0 Å². The van der Waals surface area contributed by atoms with Crippen LogP contribution in [0.2, 0.25) is 5.79 Å². The molecule has 14 heavy (non-hydrogen) atoms. The molecule has 80 valence electrons. The first-order valence-electron chi connectivity index (χ1n) is 8.08. The lowest BCUT2D eigenvalue weighted by atomic mass is 9.71. The summed E-state index contributed by atoms with van der Waals surface area (Å²) in [6.45, 7) is 0.860. The van der Waals surface area contributed by atoms with Crippen molar-refractivity contribution in [3.63, 3.8) is 0 Å². The molecule has 1 unspecified atom stereocenters. The molecular formula is C10H19BO3. The number of hydrogen-bond donors (Lipinski definition) is 0. The molecule has 0 aromatic heterocycles. The Labute approximate surface area is 96.1 Å². The Bertz CT molecular complexity index is 452. The Balaban J connectivity index is 2.52. The Hall–Kier alpha value is -0.0551. The molecule has 0 saturated carbocycles. The maximum Gasteiger partial charge on any atom is 0.463 e. The molecule has 1 atom stereocenters. The van der Waals surface area contributed by atoms with Gasteiger partial charge in [-0.2, -0.15) is 0 Å². The van der Waals surface area contributed by atoms with Gasteiger partial charge in [-0.1, -0.05) is 0 Å². The molecule has 2 saturated heterocycles. The van der Waals surface area contributed by atoms with Crippen LogP contribution in [0.4, 0.5) is 0 Å². The predicted octanol–water partition coefficient (Wildman–Crippen LogP) is 1.87. The van der Waals surface area contributed by atoms with Crippen LogP contribution in [0.3, 0.4) is 0 Å². The van der Waals surface area contributed by atoms with Crippen molar-refractivity contribution in [3.05, 3.63) is 0 Å². The summed E-state index contributed by atoms with van der Waals surface area (Å²) in [4.78, 5) is 0. The summed E-state index contributed by atoms with van der Waals surface area (Å²) in [6.07, 6.45) is -2.97. The summed E-state index contributed by atoms with van der Waals surface area (Å²) in [7, 11) is -1.61. The fraction of sp³-hybridized carbons (Fsp3) is 1.00. The van der Waals surface area contributed by atoms with Crippen LogP contribution >= 0.6 is 0 Å². The maximum absolute atomic E-state index is 8.33. The second kappa shape index (κ2) is 3.22. The van der Waals surface area contributed by atoms with Crippen molar-refractivity contribution in [1.29, 1.82) is 0 Å². The molecule has 0 N–H and O–H groups in total. The van der Waals surface area contributed by atoms with Crippen LogP contribution in [0.15, 0.2) is 0 Å². The van der Waals surface area contributed by atoms with E-state index >= 15 is 0 Å². The molecule has 0 amide bonds. The van der Waals surface area contributed by atoms with Crippen molar-refractivity contribution in [1.82, 2.24) is 0 Å². The third-order valence-electron chi connectivity index (χ3n) is 2.89. The van der Waals surface area contributed by atoms with E-state index < -0.39 is 43.6 Å². The molecule has 0 aromatic carbocycles. The normalized spacial score (nSPS) is 58.6. The minimum atomic E-state index is -2.97. The van der Waals surface area contributed by atoms with Crippen molar-refractivity contribution < 1.29 is 23.6 Å². The zero-order chi connectivity index (χ0) is 16.7. The summed E-state index contributed by atoms with van der Waals surface area (Å²) < 4.78 is 70.6. The summed E-state index contributed by atoms with van der Waals surface area (Å²) >= 11 is 0. The van der Waals surface area contributed by atoms with E-state index in [2.05, 4.69) is 4.74 Å². The molecule has 4 heteroatoms. The van der Waals surface area contributed by atoms with Gasteiger partial charge in [-0.25, -0.2) is 0 Å². The van der Waals surface area contributed by atoms with Gasteiger partial charge in [-0.15, -0.1) is 0 Å². The zero-order valence-electron chi connectivity index (χ0n) is 15.8. The van der Waals surface area contributed by atoms with Crippen molar-refractivity contribution in [3.8, 4) is 0 Å². The van der Waals surface area contributed by atoms with Gasteiger partial charge in [0.2, 0.25) is 0 Å². The van der Waals surface area contributed by atoms with Gasteiger partial charge in [0.25, 0.3) is 0 Å². The van der Waals surface area contributed by atoms with Crippen LogP contribution < -0.4 is 0 Å². The summed E-state index contributed by atoms with van der Waals surface area (Å²) in [6, 6.07) is 0. The quantitative estimate of drug-likeness (QED) is 0.611. The van der Waals surface area contributed by atoms with E-state index in [1.807, 2.05) is 0 Å². The van der Waals surface area contributed by atoms with E-state index in [1.165, 1.54) is 0 Å². The molecule has 2 heterocycles.